The highest BCUT2D eigenvalue weighted by Gasteiger charge is 2.49. The molecule has 4 N–H and O–H groups in total. The zero-order valence-electron chi connectivity index (χ0n) is 15.9. The number of nitrogens with two attached hydrogens (primary N) is 1. The highest BCUT2D eigenvalue weighted by atomic mass is 35.5. The van der Waals surface area contributed by atoms with Crippen LogP contribution in [0.3, 0.4) is 0 Å². The summed E-state index contributed by atoms with van der Waals surface area (Å²) in [5, 5.41) is 14.0. The normalized spacial score (nSPS) is 20.8. The predicted octanol–water partition coefficient (Wildman–Crippen LogP) is 1.81. The maximum absolute atomic E-state index is 12.7. The van der Waals surface area contributed by atoms with Crippen molar-refractivity contribution in [1.29, 1.82) is 0 Å². The van der Waals surface area contributed by atoms with E-state index in [1.807, 2.05) is 19.9 Å². The average Bonchev–Trinajstić information content (AvgIpc) is 3.44. The number of carbonyl (C=O) groups excluding carboxylic acids is 2. The number of amides is 2. The molecule has 1 aromatic carbocycles. The maximum atomic E-state index is 12.7. The van der Waals surface area contributed by atoms with Gasteiger partial charge in [0.05, 0.1) is 0 Å². The van der Waals surface area contributed by atoms with Crippen LogP contribution in [0.2, 0.25) is 5.02 Å². The van der Waals surface area contributed by atoms with Gasteiger partial charge in [0.15, 0.2) is 0 Å². The fourth-order valence-corrected chi connectivity index (χ4v) is 3.90. The summed E-state index contributed by atoms with van der Waals surface area (Å²) in [6.07, 6.45) is 1.62. The first-order valence-corrected chi connectivity index (χ1v) is 9.87. The molecule has 7 heteroatoms. The largest absolute Gasteiger partial charge is 0.383 e. The number of halogens is 1. The van der Waals surface area contributed by atoms with Crippen molar-refractivity contribution in [2.45, 2.75) is 58.3 Å². The molecule has 1 heterocycles. The molecular formula is C20H28ClN3O3. The SMILES string of the molecule is CC(C)(C1CC1)[C@@H](O)C(=O)N1CC[C@H]1C(=O)NCc1cc(Cl)ccc1CN. The number of hydrogen-bond acceptors (Lipinski definition) is 4. The van der Waals surface area contributed by atoms with Crippen LogP contribution in [-0.2, 0) is 22.7 Å². The predicted molar refractivity (Wildman–Crippen MR) is 104 cm³/mol. The van der Waals surface area contributed by atoms with Crippen LogP contribution in [0.25, 0.3) is 0 Å². The van der Waals surface area contributed by atoms with Crippen molar-refractivity contribution >= 4 is 23.4 Å². The Balaban J connectivity index is 1.59. The molecule has 1 saturated heterocycles. The molecule has 3 rings (SSSR count). The smallest absolute Gasteiger partial charge is 0.252 e. The number of aliphatic hydroxyl groups excluding tert-OH is 1. The van der Waals surface area contributed by atoms with E-state index in [1.165, 1.54) is 4.90 Å². The fraction of sp³-hybridized carbons (Fsp3) is 0.600. The summed E-state index contributed by atoms with van der Waals surface area (Å²) in [5.74, 6) is -0.180. The van der Waals surface area contributed by atoms with Gasteiger partial charge < -0.3 is 21.1 Å². The minimum Gasteiger partial charge on any atom is -0.383 e. The Hall–Kier alpha value is -1.63. The van der Waals surface area contributed by atoms with Crippen molar-refractivity contribution < 1.29 is 14.7 Å². The Bertz CT molecular complexity index is 733. The fourth-order valence-electron chi connectivity index (χ4n) is 3.71. The molecule has 2 fully saturated rings. The molecule has 2 amide bonds. The summed E-state index contributed by atoms with van der Waals surface area (Å²) in [6, 6.07) is 4.88. The van der Waals surface area contributed by atoms with E-state index in [0.717, 1.165) is 24.0 Å². The van der Waals surface area contributed by atoms with Crippen molar-refractivity contribution in [3.63, 3.8) is 0 Å². The van der Waals surface area contributed by atoms with Gasteiger partial charge in [-0.1, -0.05) is 31.5 Å². The summed E-state index contributed by atoms with van der Waals surface area (Å²) in [5.41, 5.74) is 7.06. The van der Waals surface area contributed by atoms with E-state index in [9.17, 15) is 14.7 Å². The van der Waals surface area contributed by atoms with Crippen LogP contribution in [0.1, 0.15) is 44.2 Å². The van der Waals surface area contributed by atoms with Gasteiger partial charge in [-0.25, -0.2) is 0 Å². The zero-order valence-corrected chi connectivity index (χ0v) is 16.6. The number of rotatable bonds is 7. The number of aliphatic hydroxyl groups is 1. The van der Waals surface area contributed by atoms with Gasteiger partial charge in [0.25, 0.3) is 5.91 Å². The lowest BCUT2D eigenvalue weighted by Crippen LogP contribution is -2.62. The van der Waals surface area contributed by atoms with Gasteiger partial charge in [-0.05, 0) is 48.4 Å². The quantitative estimate of drug-likeness (QED) is 0.658. The molecule has 148 valence electrons. The van der Waals surface area contributed by atoms with E-state index < -0.39 is 17.6 Å². The van der Waals surface area contributed by atoms with Crippen LogP contribution in [-0.4, -0.2) is 40.5 Å². The van der Waals surface area contributed by atoms with E-state index in [-0.39, 0.29) is 11.8 Å². The lowest BCUT2D eigenvalue weighted by atomic mass is 9.80. The lowest BCUT2D eigenvalue weighted by molar-refractivity contribution is -0.160. The van der Waals surface area contributed by atoms with Crippen LogP contribution in [0.15, 0.2) is 18.2 Å². The summed E-state index contributed by atoms with van der Waals surface area (Å²) in [6.45, 7) is 5.02. The molecule has 2 aliphatic rings. The summed E-state index contributed by atoms with van der Waals surface area (Å²) in [4.78, 5) is 26.8. The number of nitrogens with zero attached hydrogens (tertiary/aromatic N) is 1. The highest BCUT2D eigenvalue weighted by Crippen LogP contribution is 2.47. The van der Waals surface area contributed by atoms with Gasteiger partial charge in [0.1, 0.15) is 12.1 Å². The van der Waals surface area contributed by atoms with Crippen LogP contribution >= 0.6 is 11.6 Å². The first kappa shape index (κ1) is 20.1. The van der Waals surface area contributed by atoms with E-state index in [0.29, 0.717) is 37.0 Å². The molecule has 0 aromatic heterocycles. The number of likely N-dealkylation sites (tertiary alicyclic amines) is 1. The Kier molecular flexibility index (Phi) is 5.79. The monoisotopic (exact) mass is 393 g/mol. The van der Waals surface area contributed by atoms with E-state index >= 15 is 0 Å². The molecular weight excluding hydrogens is 366 g/mol. The number of hydrogen-bond donors (Lipinski definition) is 3. The summed E-state index contributed by atoms with van der Waals surface area (Å²) in [7, 11) is 0. The molecule has 27 heavy (non-hydrogen) atoms. The van der Waals surface area contributed by atoms with Crippen LogP contribution in [0.5, 0.6) is 0 Å². The van der Waals surface area contributed by atoms with Crippen molar-refractivity contribution in [2.75, 3.05) is 6.54 Å². The van der Waals surface area contributed by atoms with Crippen molar-refractivity contribution in [1.82, 2.24) is 10.2 Å². The topological polar surface area (TPSA) is 95.7 Å². The molecule has 1 saturated carbocycles. The maximum Gasteiger partial charge on any atom is 0.252 e. The average molecular weight is 394 g/mol. The zero-order chi connectivity index (χ0) is 19.8. The molecule has 1 aliphatic carbocycles. The first-order chi connectivity index (χ1) is 12.8. The Morgan fingerprint density at radius 3 is 2.59 bits per heavy atom. The minimum absolute atomic E-state index is 0.214. The van der Waals surface area contributed by atoms with Gasteiger partial charge in [-0.2, -0.15) is 0 Å². The third-order valence-electron chi connectivity index (χ3n) is 6.01. The van der Waals surface area contributed by atoms with Crippen molar-refractivity contribution in [3.8, 4) is 0 Å². The van der Waals surface area contributed by atoms with Gasteiger partial charge in [-0.3, -0.25) is 9.59 Å². The van der Waals surface area contributed by atoms with Gasteiger partial charge >= 0.3 is 0 Å². The molecule has 0 unspecified atom stereocenters. The van der Waals surface area contributed by atoms with Gasteiger partial charge in [0.2, 0.25) is 5.91 Å². The van der Waals surface area contributed by atoms with E-state index in [4.69, 9.17) is 17.3 Å². The van der Waals surface area contributed by atoms with E-state index in [2.05, 4.69) is 5.32 Å². The minimum atomic E-state index is -1.07. The van der Waals surface area contributed by atoms with Crippen molar-refractivity contribution in [2.24, 2.45) is 17.1 Å². The molecule has 0 bridgehead atoms. The number of carbonyl (C=O) groups is 2. The molecule has 2 atom stereocenters. The van der Waals surface area contributed by atoms with Crippen LogP contribution in [0.4, 0.5) is 0 Å². The summed E-state index contributed by atoms with van der Waals surface area (Å²) >= 11 is 6.03. The van der Waals surface area contributed by atoms with Crippen LogP contribution in [0, 0.1) is 11.3 Å². The Labute approximate surface area is 165 Å². The third-order valence-corrected chi connectivity index (χ3v) is 6.25. The second-order valence-electron chi connectivity index (χ2n) is 8.17. The molecule has 1 aromatic rings. The molecule has 6 nitrogen and oxygen atoms in total. The lowest BCUT2D eigenvalue weighted by Gasteiger charge is -2.43. The summed E-state index contributed by atoms with van der Waals surface area (Å²) < 4.78 is 0. The van der Waals surface area contributed by atoms with Crippen molar-refractivity contribution in [3.05, 3.63) is 34.3 Å². The van der Waals surface area contributed by atoms with Gasteiger partial charge in [0, 0.05) is 30.1 Å². The standard InChI is InChI=1S/C20H28ClN3O3/c1-20(2,14-4-5-14)17(25)19(27)24-8-7-16(24)18(26)23-11-13-9-15(21)6-3-12(13)10-22/h3,6,9,14,16-17,25H,4-5,7-8,10-11,22H2,1-2H3,(H,23,26)/t16-,17-/m0/s1. The number of benzene rings is 1. The Morgan fingerprint density at radius 1 is 1.33 bits per heavy atom. The highest BCUT2D eigenvalue weighted by molar-refractivity contribution is 6.30. The number of nitrogens with one attached hydrogen (secondary N) is 1. The van der Waals surface area contributed by atoms with Crippen LogP contribution < -0.4 is 11.1 Å². The van der Waals surface area contributed by atoms with E-state index in [1.54, 1.807) is 12.1 Å². The first-order valence-electron chi connectivity index (χ1n) is 9.49. The second kappa shape index (κ2) is 7.78. The third kappa shape index (κ3) is 4.13. The van der Waals surface area contributed by atoms with Gasteiger partial charge in [-0.15, -0.1) is 0 Å². The molecule has 0 radical (unpaired) electrons. The molecule has 0 spiro atoms. The second-order valence-corrected chi connectivity index (χ2v) is 8.61. The molecule has 1 aliphatic heterocycles. The Morgan fingerprint density at radius 2 is 2.04 bits per heavy atom.